The van der Waals surface area contributed by atoms with Gasteiger partial charge in [0, 0.05) is 38.5 Å². The summed E-state index contributed by atoms with van der Waals surface area (Å²) in [5.41, 5.74) is 2.22. The van der Waals surface area contributed by atoms with E-state index in [2.05, 4.69) is 20.9 Å². The molecule has 0 bridgehead atoms. The molecule has 1 rings (SSSR count). The van der Waals surface area contributed by atoms with Crippen LogP contribution in [0.3, 0.4) is 0 Å². The van der Waals surface area contributed by atoms with Gasteiger partial charge < -0.3 is 16.0 Å². The predicted octanol–water partition coefficient (Wildman–Crippen LogP) is 1.52. The Bertz CT molecular complexity index is 271. The summed E-state index contributed by atoms with van der Waals surface area (Å²) in [6.45, 7) is 2.03. The summed E-state index contributed by atoms with van der Waals surface area (Å²) >= 11 is 0. The summed E-state index contributed by atoms with van der Waals surface area (Å²) in [4.78, 5) is 4.36. The number of rotatable bonds is 3. The van der Waals surface area contributed by atoms with Gasteiger partial charge >= 0.3 is 0 Å². The molecular formula is C9H16N4. The molecule has 0 saturated heterocycles. The van der Waals surface area contributed by atoms with Gasteiger partial charge in [-0.25, -0.2) is 4.98 Å². The van der Waals surface area contributed by atoms with Crippen LogP contribution in [0.4, 0.5) is 17.3 Å². The van der Waals surface area contributed by atoms with Crippen molar-refractivity contribution in [3.05, 3.63) is 11.6 Å². The molecule has 0 aliphatic rings. The molecule has 0 aliphatic carbocycles. The number of aromatic nitrogens is 1. The lowest BCUT2D eigenvalue weighted by molar-refractivity contribution is 1.22. The molecule has 1 heterocycles. The molecule has 0 aromatic carbocycles. The first kappa shape index (κ1) is 9.64. The van der Waals surface area contributed by atoms with Crippen molar-refractivity contribution < 1.29 is 0 Å². The first-order chi connectivity index (χ1) is 6.22. The minimum atomic E-state index is 0.860. The molecule has 1 aromatic heterocycles. The first-order valence-corrected chi connectivity index (χ1v) is 4.27. The summed E-state index contributed by atoms with van der Waals surface area (Å²) in [5, 5.41) is 9.19. The van der Waals surface area contributed by atoms with Gasteiger partial charge in [0.25, 0.3) is 0 Å². The third-order valence-electron chi connectivity index (χ3n) is 2.03. The summed E-state index contributed by atoms with van der Waals surface area (Å²) < 4.78 is 0. The van der Waals surface area contributed by atoms with Crippen molar-refractivity contribution in [1.29, 1.82) is 0 Å². The van der Waals surface area contributed by atoms with Crippen LogP contribution >= 0.6 is 0 Å². The molecule has 0 fully saturated rings. The highest BCUT2D eigenvalue weighted by molar-refractivity contribution is 5.66. The highest BCUT2D eigenvalue weighted by Gasteiger charge is 2.05. The molecule has 13 heavy (non-hydrogen) atoms. The molecule has 0 saturated carbocycles. The van der Waals surface area contributed by atoms with Crippen LogP contribution in [-0.4, -0.2) is 26.1 Å². The van der Waals surface area contributed by atoms with Crippen LogP contribution < -0.4 is 16.0 Å². The van der Waals surface area contributed by atoms with Crippen molar-refractivity contribution in [1.82, 2.24) is 4.98 Å². The van der Waals surface area contributed by atoms with Crippen LogP contribution in [0.1, 0.15) is 5.56 Å². The van der Waals surface area contributed by atoms with E-state index < -0.39 is 0 Å². The predicted molar refractivity (Wildman–Crippen MR) is 57.6 cm³/mol. The molecule has 0 atom stereocenters. The Hall–Kier alpha value is -1.45. The van der Waals surface area contributed by atoms with E-state index >= 15 is 0 Å². The van der Waals surface area contributed by atoms with Gasteiger partial charge in [-0.05, 0) is 6.92 Å². The molecule has 0 aliphatic heterocycles. The highest BCUT2D eigenvalue weighted by Crippen LogP contribution is 2.24. The van der Waals surface area contributed by atoms with Crippen LogP contribution in [0.15, 0.2) is 6.07 Å². The van der Waals surface area contributed by atoms with Gasteiger partial charge in [-0.1, -0.05) is 0 Å². The van der Waals surface area contributed by atoms with Crippen LogP contribution in [-0.2, 0) is 0 Å². The van der Waals surface area contributed by atoms with Crippen molar-refractivity contribution in [2.75, 3.05) is 37.1 Å². The standard InChI is InChI=1S/C9H16N4/c1-6-7(10-2)5-8(11-3)13-9(6)12-4/h5H,1-4H3,(H3,10,11,12,13). The average Bonchev–Trinajstić information content (AvgIpc) is 2.18. The van der Waals surface area contributed by atoms with E-state index in [1.807, 2.05) is 34.1 Å². The van der Waals surface area contributed by atoms with Gasteiger partial charge in [-0.2, -0.15) is 0 Å². The minimum absolute atomic E-state index is 0.860. The van der Waals surface area contributed by atoms with Crippen molar-refractivity contribution >= 4 is 17.3 Å². The Kier molecular flexibility index (Phi) is 2.95. The first-order valence-electron chi connectivity index (χ1n) is 4.27. The van der Waals surface area contributed by atoms with Crippen LogP contribution in [0.5, 0.6) is 0 Å². The van der Waals surface area contributed by atoms with Gasteiger partial charge in [0.05, 0.1) is 0 Å². The zero-order valence-electron chi connectivity index (χ0n) is 8.52. The second-order valence-electron chi connectivity index (χ2n) is 2.78. The number of hydrogen-bond donors (Lipinski definition) is 3. The zero-order chi connectivity index (χ0) is 9.84. The van der Waals surface area contributed by atoms with E-state index in [1.54, 1.807) is 0 Å². The molecule has 0 amide bonds. The Morgan fingerprint density at radius 2 is 1.77 bits per heavy atom. The number of pyridine rings is 1. The third kappa shape index (κ3) is 1.83. The van der Waals surface area contributed by atoms with Crippen molar-refractivity contribution in [3.63, 3.8) is 0 Å². The Morgan fingerprint density at radius 1 is 1.08 bits per heavy atom. The minimum Gasteiger partial charge on any atom is -0.388 e. The zero-order valence-corrected chi connectivity index (χ0v) is 8.52. The molecule has 4 heteroatoms. The average molecular weight is 180 g/mol. The van der Waals surface area contributed by atoms with Crippen LogP contribution in [0.25, 0.3) is 0 Å². The van der Waals surface area contributed by atoms with E-state index in [9.17, 15) is 0 Å². The monoisotopic (exact) mass is 180 g/mol. The highest BCUT2D eigenvalue weighted by atomic mass is 15.0. The molecule has 0 unspecified atom stereocenters. The van der Waals surface area contributed by atoms with E-state index in [-0.39, 0.29) is 0 Å². The number of nitrogens with zero attached hydrogens (tertiary/aromatic N) is 1. The fraction of sp³-hybridized carbons (Fsp3) is 0.444. The number of anilines is 3. The van der Waals surface area contributed by atoms with Crippen molar-refractivity contribution in [3.8, 4) is 0 Å². The summed E-state index contributed by atoms with van der Waals surface area (Å²) in [6, 6.07) is 1.98. The maximum absolute atomic E-state index is 4.36. The fourth-order valence-corrected chi connectivity index (χ4v) is 1.24. The molecule has 0 spiro atoms. The third-order valence-corrected chi connectivity index (χ3v) is 2.03. The van der Waals surface area contributed by atoms with Crippen LogP contribution in [0.2, 0.25) is 0 Å². The lowest BCUT2D eigenvalue weighted by Crippen LogP contribution is -2.03. The molecule has 1 aromatic rings. The quantitative estimate of drug-likeness (QED) is 0.660. The fourth-order valence-electron chi connectivity index (χ4n) is 1.24. The summed E-state index contributed by atoms with van der Waals surface area (Å²) in [6.07, 6.45) is 0. The lowest BCUT2D eigenvalue weighted by atomic mass is 10.2. The maximum atomic E-state index is 4.36. The van der Waals surface area contributed by atoms with E-state index in [0.717, 1.165) is 22.9 Å². The second kappa shape index (κ2) is 3.98. The van der Waals surface area contributed by atoms with Crippen LogP contribution in [0, 0.1) is 6.92 Å². The second-order valence-corrected chi connectivity index (χ2v) is 2.78. The van der Waals surface area contributed by atoms with Crippen molar-refractivity contribution in [2.24, 2.45) is 0 Å². The van der Waals surface area contributed by atoms with E-state index in [4.69, 9.17) is 0 Å². The van der Waals surface area contributed by atoms with Gasteiger partial charge in [-0.3, -0.25) is 0 Å². The molecule has 72 valence electrons. The Morgan fingerprint density at radius 3 is 2.23 bits per heavy atom. The number of hydrogen-bond acceptors (Lipinski definition) is 4. The van der Waals surface area contributed by atoms with E-state index in [1.165, 1.54) is 0 Å². The Balaban J connectivity index is 3.20. The topological polar surface area (TPSA) is 49.0 Å². The maximum Gasteiger partial charge on any atom is 0.133 e. The molecular weight excluding hydrogens is 164 g/mol. The number of nitrogens with one attached hydrogen (secondary N) is 3. The van der Waals surface area contributed by atoms with E-state index in [0.29, 0.717) is 0 Å². The lowest BCUT2D eigenvalue weighted by Gasteiger charge is -2.12. The van der Waals surface area contributed by atoms with Crippen molar-refractivity contribution in [2.45, 2.75) is 6.92 Å². The van der Waals surface area contributed by atoms with Gasteiger partial charge in [-0.15, -0.1) is 0 Å². The smallest absolute Gasteiger partial charge is 0.133 e. The van der Waals surface area contributed by atoms with Gasteiger partial charge in [0.15, 0.2) is 0 Å². The van der Waals surface area contributed by atoms with Gasteiger partial charge in [0.1, 0.15) is 11.6 Å². The molecule has 0 radical (unpaired) electrons. The summed E-state index contributed by atoms with van der Waals surface area (Å²) in [5.74, 6) is 1.76. The molecule has 3 N–H and O–H groups in total. The normalized spacial score (nSPS) is 9.54. The largest absolute Gasteiger partial charge is 0.388 e. The SMILES string of the molecule is CNc1cc(NC)c(C)c(NC)n1. The Labute approximate surface area is 78.8 Å². The summed E-state index contributed by atoms with van der Waals surface area (Å²) in [7, 11) is 5.63. The van der Waals surface area contributed by atoms with Gasteiger partial charge in [0.2, 0.25) is 0 Å². The molecule has 4 nitrogen and oxygen atoms in total.